The van der Waals surface area contributed by atoms with E-state index >= 15 is 0 Å². The van der Waals surface area contributed by atoms with Crippen molar-refractivity contribution in [3.05, 3.63) is 59.5 Å². The Morgan fingerprint density at radius 2 is 1.73 bits per heavy atom. The molecule has 6 rings (SSSR count). The minimum Gasteiger partial charge on any atom is -0.508 e. The Labute approximate surface area is 177 Å². The Hall–Kier alpha value is -2.59. The highest BCUT2D eigenvalue weighted by atomic mass is 16.3. The molecule has 154 valence electrons. The normalized spacial score (nSPS) is 27.0. The van der Waals surface area contributed by atoms with Crippen molar-refractivity contribution >= 4 is 0 Å². The SMILES string of the molecule is CC[C@@H]1CN[C@H](c2ncc(-c3ccc(-c4ccc(O)c5c4C4CCC5C4)cc3)[nH]2)C1. The van der Waals surface area contributed by atoms with Crippen molar-refractivity contribution in [1.29, 1.82) is 0 Å². The second kappa shape index (κ2) is 6.98. The van der Waals surface area contributed by atoms with Crippen molar-refractivity contribution < 1.29 is 5.11 Å². The molecule has 1 saturated carbocycles. The summed E-state index contributed by atoms with van der Waals surface area (Å²) in [6.45, 7) is 3.35. The molecule has 4 heteroatoms. The number of nitrogens with one attached hydrogen (secondary N) is 2. The second-order valence-electron chi connectivity index (χ2n) is 9.40. The molecular weight excluding hydrogens is 370 g/mol. The number of phenols is 1. The summed E-state index contributed by atoms with van der Waals surface area (Å²) in [7, 11) is 0. The van der Waals surface area contributed by atoms with E-state index in [9.17, 15) is 5.11 Å². The minimum absolute atomic E-state index is 0.345. The third-order valence-electron chi connectivity index (χ3n) is 7.75. The molecule has 4 atom stereocenters. The molecule has 0 amide bonds. The first-order valence-corrected chi connectivity index (χ1v) is 11.5. The Bertz CT molecular complexity index is 1080. The smallest absolute Gasteiger partial charge is 0.123 e. The van der Waals surface area contributed by atoms with Crippen LogP contribution in [-0.4, -0.2) is 21.6 Å². The standard InChI is InChI=1S/C26H29N3O/c1-2-15-11-21(27-13-15)26-28-14-22(29-26)17-5-3-16(4-6-17)20-9-10-23(30)25-19-8-7-18(12-19)24(20)25/h3-6,9-10,14-15,18-19,21,27,30H,2,7-8,11-13H2,1H3,(H,28,29)/t15-,18?,19?,21-/m0/s1. The molecule has 4 nitrogen and oxygen atoms in total. The van der Waals surface area contributed by atoms with Crippen LogP contribution in [0.4, 0.5) is 0 Å². The average Bonchev–Trinajstić information content (AvgIpc) is 3.58. The number of fused-ring (bicyclic) bond motifs is 5. The Balaban J connectivity index is 1.28. The molecule has 2 aromatic carbocycles. The van der Waals surface area contributed by atoms with Crippen LogP contribution in [0.2, 0.25) is 0 Å². The van der Waals surface area contributed by atoms with Gasteiger partial charge in [0.2, 0.25) is 0 Å². The Morgan fingerprint density at radius 1 is 0.967 bits per heavy atom. The van der Waals surface area contributed by atoms with E-state index in [0.717, 1.165) is 30.4 Å². The summed E-state index contributed by atoms with van der Waals surface area (Å²) < 4.78 is 0. The number of aromatic hydroxyl groups is 1. The van der Waals surface area contributed by atoms with Crippen LogP contribution >= 0.6 is 0 Å². The molecule has 2 heterocycles. The van der Waals surface area contributed by atoms with Crippen molar-refractivity contribution in [3.63, 3.8) is 0 Å². The molecule has 2 aliphatic carbocycles. The third-order valence-corrected chi connectivity index (χ3v) is 7.75. The van der Waals surface area contributed by atoms with Gasteiger partial charge in [0, 0.05) is 5.56 Å². The predicted octanol–water partition coefficient (Wildman–Crippen LogP) is 5.87. The van der Waals surface area contributed by atoms with Gasteiger partial charge in [0.1, 0.15) is 11.6 Å². The van der Waals surface area contributed by atoms with E-state index in [0.29, 0.717) is 23.6 Å². The molecule has 3 aromatic rings. The minimum atomic E-state index is 0.345. The molecule has 0 spiro atoms. The van der Waals surface area contributed by atoms with Gasteiger partial charge in [0.15, 0.2) is 0 Å². The first kappa shape index (κ1) is 18.2. The van der Waals surface area contributed by atoms with Gasteiger partial charge >= 0.3 is 0 Å². The van der Waals surface area contributed by atoms with Crippen molar-refractivity contribution in [3.8, 4) is 28.1 Å². The zero-order chi connectivity index (χ0) is 20.2. The van der Waals surface area contributed by atoms with Gasteiger partial charge < -0.3 is 15.4 Å². The molecule has 3 N–H and O–H groups in total. The molecule has 2 fully saturated rings. The summed E-state index contributed by atoms with van der Waals surface area (Å²) in [5.41, 5.74) is 7.41. The van der Waals surface area contributed by atoms with Gasteiger partial charge in [-0.25, -0.2) is 4.98 Å². The molecule has 30 heavy (non-hydrogen) atoms. The number of aromatic nitrogens is 2. The van der Waals surface area contributed by atoms with Gasteiger partial charge in [-0.1, -0.05) is 43.7 Å². The van der Waals surface area contributed by atoms with Gasteiger partial charge in [0.25, 0.3) is 0 Å². The maximum atomic E-state index is 10.4. The predicted molar refractivity (Wildman–Crippen MR) is 120 cm³/mol. The van der Waals surface area contributed by atoms with E-state index < -0.39 is 0 Å². The highest BCUT2D eigenvalue weighted by molar-refractivity contribution is 5.75. The van der Waals surface area contributed by atoms with E-state index in [1.165, 1.54) is 53.5 Å². The molecule has 2 unspecified atom stereocenters. The van der Waals surface area contributed by atoms with Gasteiger partial charge in [0.05, 0.1) is 17.9 Å². The molecule has 1 aliphatic heterocycles. The van der Waals surface area contributed by atoms with E-state index in [1.54, 1.807) is 0 Å². The van der Waals surface area contributed by atoms with E-state index in [-0.39, 0.29) is 0 Å². The number of phenolic OH excluding ortho intramolecular Hbond substituents is 1. The number of benzene rings is 2. The van der Waals surface area contributed by atoms with Crippen LogP contribution in [0.25, 0.3) is 22.4 Å². The number of H-pyrrole nitrogens is 1. The quantitative estimate of drug-likeness (QED) is 0.514. The first-order chi connectivity index (χ1) is 14.7. The zero-order valence-electron chi connectivity index (χ0n) is 17.5. The van der Waals surface area contributed by atoms with Crippen LogP contribution < -0.4 is 5.32 Å². The summed E-state index contributed by atoms with van der Waals surface area (Å²) in [6, 6.07) is 13.2. The van der Waals surface area contributed by atoms with Crippen LogP contribution in [0.15, 0.2) is 42.6 Å². The molecule has 0 radical (unpaired) electrons. The average molecular weight is 400 g/mol. The van der Waals surface area contributed by atoms with E-state index in [1.807, 2.05) is 12.3 Å². The summed E-state index contributed by atoms with van der Waals surface area (Å²) in [5.74, 6) is 3.48. The van der Waals surface area contributed by atoms with Crippen LogP contribution in [0.1, 0.15) is 73.9 Å². The fourth-order valence-electron chi connectivity index (χ4n) is 6.07. The van der Waals surface area contributed by atoms with E-state index in [4.69, 9.17) is 0 Å². The summed E-state index contributed by atoms with van der Waals surface area (Å²) in [4.78, 5) is 8.20. The second-order valence-corrected chi connectivity index (χ2v) is 9.40. The first-order valence-electron chi connectivity index (χ1n) is 11.5. The van der Waals surface area contributed by atoms with Crippen LogP contribution in [0.3, 0.4) is 0 Å². The fraction of sp³-hybridized carbons (Fsp3) is 0.423. The number of imidazole rings is 1. The number of hydrogen-bond donors (Lipinski definition) is 3. The van der Waals surface area contributed by atoms with Crippen molar-refractivity contribution in [2.45, 2.75) is 56.9 Å². The maximum Gasteiger partial charge on any atom is 0.123 e. The maximum absolute atomic E-state index is 10.4. The Morgan fingerprint density at radius 3 is 2.50 bits per heavy atom. The van der Waals surface area contributed by atoms with Gasteiger partial charge in [-0.05, 0) is 78.3 Å². The van der Waals surface area contributed by atoms with Gasteiger partial charge in [-0.2, -0.15) is 0 Å². The molecule has 2 bridgehead atoms. The highest BCUT2D eigenvalue weighted by Crippen LogP contribution is 2.58. The number of rotatable bonds is 4. The highest BCUT2D eigenvalue weighted by Gasteiger charge is 2.40. The van der Waals surface area contributed by atoms with Gasteiger partial charge in [-0.15, -0.1) is 0 Å². The summed E-state index contributed by atoms with van der Waals surface area (Å²) in [5, 5.41) is 14.0. The van der Waals surface area contributed by atoms with Crippen molar-refractivity contribution in [2.75, 3.05) is 6.54 Å². The van der Waals surface area contributed by atoms with Crippen LogP contribution in [-0.2, 0) is 0 Å². The van der Waals surface area contributed by atoms with Crippen molar-refractivity contribution in [1.82, 2.24) is 15.3 Å². The summed E-state index contributed by atoms with van der Waals surface area (Å²) in [6.07, 6.45) is 8.05. The van der Waals surface area contributed by atoms with Crippen LogP contribution in [0.5, 0.6) is 5.75 Å². The molecule has 3 aliphatic rings. The van der Waals surface area contributed by atoms with Crippen molar-refractivity contribution in [2.24, 2.45) is 5.92 Å². The lowest BCUT2D eigenvalue weighted by Crippen LogP contribution is -2.14. The molecule has 1 saturated heterocycles. The number of aromatic amines is 1. The van der Waals surface area contributed by atoms with E-state index in [2.05, 4.69) is 52.5 Å². The monoisotopic (exact) mass is 399 g/mol. The lowest BCUT2D eigenvalue weighted by Gasteiger charge is -2.20. The zero-order valence-corrected chi connectivity index (χ0v) is 17.5. The third kappa shape index (κ3) is 2.81. The fourth-order valence-corrected chi connectivity index (χ4v) is 6.07. The largest absolute Gasteiger partial charge is 0.508 e. The summed E-state index contributed by atoms with van der Waals surface area (Å²) >= 11 is 0. The Kier molecular flexibility index (Phi) is 4.24. The van der Waals surface area contributed by atoms with Gasteiger partial charge in [-0.3, -0.25) is 0 Å². The topological polar surface area (TPSA) is 60.9 Å². The lowest BCUT2D eigenvalue weighted by molar-refractivity contribution is 0.462. The lowest BCUT2D eigenvalue weighted by atomic mass is 9.85. The number of nitrogens with zero attached hydrogens (tertiary/aromatic N) is 1. The molecular formula is C26H29N3O. The number of hydrogen-bond acceptors (Lipinski definition) is 3. The van der Waals surface area contributed by atoms with Crippen LogP contribution in [0, 0.1) is 5.92 Å². The molecule has 1 aromatic heterocycles.